The van der Waals surface area contributed by atoms with E-state index in [-0.39, 0.29) is 22.9 Å². The zero-order chi connectivity index (χ0) is 14.8. The van der Waals surface area contributed by atoms with Gasteiger partial charge in [0.25, 0.3) is 0 Å². The monoisotopic (exact) mass is 364 g/mol. The molecule has 1 heterocycles. The van der Waals surface area contributed by atoms with Crippen LogP contribution in [0.2, 0.25) is 0 Å². The Balaban J connectivity index is 2.20. The van der Waals surface area contributed by atoms with Gasteiger partial charge < -0.3 is 10.2 Å². The Morgan fingerprint density at radius 1 is 1.55 bits per heavy atom. The summed E-state index contributed by atoms with van der Waals surface area (Å²) in [4.78, 5) is 3.93. The smallest absolute Gasteiger partial charge is 0.244 e. The maximum Gasteiger partial charge on any atom is 0.244 e. The van der Waals surface area contributed by atoms with Crippen molar-refractivity contribution < 1.29 is 13.2 Å². The average molecular weight is 365 g/mol. The molecular weight excluding hydrogens is 348 g/mol. The third kappa shape index (κ3) is 3.12. The van der Waals surface area contributed by atoms with E-state index in [2.05, 4.69) is 31.1 Å². The molecule has 0 aromatic carbocycles. The van der Waals surface area contributed by atoms with Crippen LogP contribution in [0.25, 0.3) is 0 Å². The van der Waals surface area contributed by atoms with Crippen molar-refractivity contribution in [3.8, 4) is 0 Å². The molecule has 1 saturated carbocycles. The van der Waals surface area contributed by atoms with Crippen molar-refractivity contribution in [2.45, 2.75) is 29.8 Å². The minimum atomic E-state index is -3.71. The summed E-state index contributed by atoms with van der Waals surface area (Å²) in [5.74, 6) is 5.40. The van der Waals surface area contributed by atoms with Crippen LogP contribution in [0.3, 0.4) is 0 Å². The van der Waals surface area contributed by atoms with E-state index < -0.39 is 10.0 Å². The Labute approximate surface area is 126 Å². The lowest BCUT2D eigenvalue weighted by Crippen LogP contribution is -2.49. The van der Waals surface area contributed by atoms with Crippen molar-refractivity contribution in [2.75, 3.05) is 19.1 Å². The highest BCUT2D eigenvalue weighted by atomic mass is 79.9. The number of hydrogen-bond acceptors (Lipinski definition) is 6. The van der Waals surface area contributed by atoms with Gasteiger partial charge in [-0.1, -0.05) is 0 Å². The van der Waals surface area contributed by atoms with Crippen molar-refractivity contribution in [3.05, 3.63) is 16.7 Å². The molecule has 1 aromatic rings. The first kappa shape index (κ1) is 15.6. The molecule has 1 aliphatic carbocycles. The SMILES string of the molecule is COC1(CNS(=O)(=O)c2cc(Br)cnc2NN)CCC1. The minimum absolute atomic E-state index is 0.0000449. The fourth-order valence-electron chi connectivity index (χ4n) is 2.06. The van der Waals surface area contributed by atoms with Crippen LogP contribution in [0.4, 0.5) is 5.82 Å². The lowest BCUT2D eigenvalue weighted by molar-refractivity contribution is -0.0659. The van der Waals surface area contributed by atoms with E-state index >= 15 is 0 Å². The molecule has 0 aliphatic heterocycles. The van der Waals surface area contributed by atoms with Crippen LogP contribution < -0.4 is 16.0 Å². The standard InChI is InChI=1S/C11H17BrN4O3S/c1-19-11(3-2-4-11)7-15-20(17,18)9-5-8(12)6-14-10(9)16-13/h5-6,15H,2-4,7,13H2,1H3,(H,14,16). The first-order valence-corrected chi connectivity index (χ1v) is 8.37. The zero-order valence-corrected chi connectivity index (χ0v) is 13.4. The average Bonchev–Trinajstić information content (AvgIpc) is 2.38. The number of anilines is 1. The van der Waals surface area contributed by atoms with Crippen LogP contribution in [0.15, 0.2) is 21.6 Å². The molecule has 0 spiro atoms. The van der Waals surface area contributed by atoms with Gasteiger partial charge in [0.1, 0.15) is 4.90 Å². The van der Waals surface area contributed by atoms with Crippen molar-refractivity contribution in [3.63, 3.8) is 0 Å². The van der Waals surface area contributed by atoms with E-state index in [1.165, 1.54) is 12.3 Å². The molecule has 1 fully saturated rings. The van der Waals surface area contributed by atoms with E-state index in [0.717, 1.165) is 19.3 Å². The van der Waals surface area contributed by atoms with Gasteiger partial charge in [-0.3, -0.25) is 0 Å². The number of hydrazine groups is 1. The molecule has 7 nitrogen and oxygen atoms in total. The van der Waals surface area contributed by atoms with Crippen LogP contribution in [0, 0.1) is 0 Å². The quantitative estimate of drug-likeness (QED) is 0.513. The van der Waals surface area contributed by atoms with E-state index in [9.17, 15) is 8.42 Å². The van der Waals surface area contributed by atoms with Gasteiger partial charge in [0, 0.05) is 24.3 Å². The Morgan fingerprint density at radius 3 is 2.75 bits per heavy atom. The number of halogens is 1. The number of nitrogens with two attached hydrogens (primary N) is 1. The van der Waals surface area contributed by atoms with Gasteiger partial charge in [-0.15, -0.1) is 0 Å². The third-order valence-electron chi connectivity index (χ3n) is 3.53. The number of nitrogens with one attached hydrogen (secondary N) is 2. The molecule has 2 rings (SSSR count). The topological polar surface area (TPSA) is 106 Å². The normalized spacial score (nSPS) is 17.6. The second kappa shape index (κ2) is 5.94. The van der Waals surface area contributed by atoms with E-state index in [0.29, 0.717) is 4.47 Å². The zero-order valence-electron chi connectivity index (χ0n) is 11.0. The molecule has 20 heavy (non-hydrogen) atoms. The molecule has 0 amide bonds. The fourth-order valence-corrected chi connectivity index (χ4v) is 3.80. The highest BCUT2D eigenvalue weighted by molar-refractivity contribution is 9.10. The molecule has 112 valence electrons. The van der Waals surface area contributed by atoms with Gasteiger partial charge in [0.05, 0.1) is 5.60 Å². The first-order valence-electron chi connectivity index (χ1n) is 6.09. The minimum Gasteiger partial charge on any atom is -0.377 e. The predicted octanol–water partition coefficient (Wildman–Crippen LogP) is 0.977. The molecule has 0 radical (unpaired) electrons. The Kier molecular flexibility index (Phi) is 4.65. The lowest BCUT2D eigenvalue weighted by atomic mass is 9.80. The molecule has 0 bridgehead atoms. The molecule has 0 atom stereocenters. The van der Waals surface area contributed by atoms with Gasteiger partial charge in [0.2, 0.25) is 10.0 Å². The second-order valence-corrected chi connectivity index (χ2v) is 7.36. The van der Waals surface area contributed by atoms with Crippen LogP contribution in [0.5, 0.6) is 0 Å². The predicted molar refractivity (Wildman–Crippen MR) is 78.5 cm³/mol. The number of nitrogen functional groups attached to an aromatic ring is 1. The summed E-state index contributed by atoms with van der Waals surface area (Å²) in [5.41, 5.74) is 1.90. The molecule has 1 aromatic heterocycles. The van der Waals surface area contributed by atoms with Crippen LogP contribution in [-0.4, -0.2) is 32.7 Å². The van der Waals surface area contributed by atoms with E-state index in [1.54, 1.807) is 7.11 Å². The van der Waals surface area contributed by atoms with Crippen molar-refractivity contribution >= 4 is 31.8 Å². The number of pyridine rings is 1. The number of sulfonamides is 1. The van der Waals surface area contributed by atoms with Gasteiger partial charge in [0.15, 0.2) is 5.82 Å². The van der Waals surface area contributed by atoms with E-state index in [4.69, 9.17) is 10.6 Å². The molecule has 4 N–H and O–H groups in total. The van der Waals surface area contributed by atoms with Crippen molar-refractivity contribution in [2.24, 2.45) is 5.84 Å². The highest BCUT2D eigenvalue weighted by Gasteiger charge is 2.38. The molecule has 0 saturated heterocycles. The maximum atomic E-state index is 12.3. The summed E-state index contributed by atoms with van der Waals surface area (Å²) < 4.78 is 33.2. The van der Waals surface area contributed by atoms with Gasteiger partial charge in [-0.25, -0.2) is 24.0 Å². The first-order chi connectivity index (χ1) is 9.42. The van der Waals surface area contributed by atoms with Crippen molar-refractivity contribution in [1.82, 2.24) is 9.71 Å². The number of ether oxygens (including phenoxy) is 1. The van der Waals surface area contributed by atoms with Gasteiger partial charge in [-0.05, 0) is 41.3 Å². The number of hydrogen-bond donors (Lipinski definition) is 3. The maximum absolute atomic E-state index is 12.3. The molecule has 9 heteroatoms. The Bertz CT molecular complexity index is 584. The molecule has 0 unspecified atom stereocenters. The largest absolute Gasteiger partial charge is 0.377 e. The summed E-state index contributed by atoms with van der Waals surface area (Å²) in [6.45, 7) is 0.238. The number of rotatable bonds is 6. The fraction of sp³-hybridized carbons (Fsp3) is 0.545. The summed E-state index contributed by atoms with van der Waals surface area (Å²) in [7, 11) is -2.11. The van der Waals surface area contributed by atoms with Crippen LogP contribution in [-0.2, 0) is 14.8 Å². The summed E-state index contributed by atoms with van der Waals surface area (Å²) >= 11 is 3.20. The summed E-state index contributed by atoms with van der Waals surface area (Å²) in [6, 6.07) is 1.45. The van der Waals surface area contributed by atoms with Crippen molar-refractivity contribution in [1.29, 1.82) is 0 Å². The van der Waals surface area contributed by atoms with Crippen LogP contribution in [0.1, 0.15) is 19.3 Å². The second-order valence-electron chi connectivity index (χ2n) is 4.71. The highest BCUT2D eigenvalue weighted by Crippen LogP contribution is 2.34. The number of methoxy groups -OCH3 is 1. The molecule has 1 aliphatic rings. The third-order valence-corrected chi connectivity index (χ3v) is 5.38. The summed E-state index contributed by atoms with van der Waals surface area (Å²) in [6.07, 6.45) is 4.22. The summed E-state index contributed by atoms with van der Waals surface area (Å²) in [5, 5.41) is 0. The molecular formula is C11H17BrN4O3S. The van der Waals surface area contributed by atoms with E-state index in [1.807, 2.05) is 0 Å². The van der Waals surface area contributed by atoms with Crippen LogP contribution >= 0.6 is 15.9 Å². The Morgan fingerprint density at radius 2 is 2.25 bits per heavy atom. The Hall–Kier alpha value is -0.740. The number of nitrogens with zero attached hydrogens (tertiary/aromatic N) is 1. The van der Waals surface area contributed by atoms with Gasteiger partial charge in [-0.2, -0.15) is 0 Å². The lowest BCUT2D eigenvalue weighted by Gasteiger charge is -2.40. The number of aromatic nitrogens is 1. The van der Waals surface area contributed by atoms with Gasteiger partial charge >= 0.3 is 0 Å².